The third-order valence-corrected chi connectivity index (χ3v) is 18.9. The van der Waals surface area contributed by atoms with Crippen LogP contribution in [0.4, 0.5) is 0 Å². The van der Waals surface area contributed by atoms with E-state index < -0.39 is 0 Å². The molecule has 0 spiro atoms. The zero-order valence-corrected chi connectivity index (χ0v) is 56.6. The molecule has 6 atom stereocenters. The molecule has 6 saturated heterocycles. The Kier molecular flexibility index (Phi) is 23.3. The summed E-state index contributed by atoms with van der Waals surface area (Å²) in [6.07, 6.45) is 9.55. The van der Waals surface area contributed by atoms with Crippen LogP contribution in [0.5, 0.6) is 46.6 Å². The molecular weight excluding hydrogens is 1250 g/mol. The Balaban J connectivity index is 0.000000129. The van der Waals surface area contributed by atoms with Crippen LogP contribution in [0.25, 0.3) is 0 Å². The molecule has 12 heterocycles. The molecule has 0 radical (unpaired) electrons. The summed E-state index contributed by atoms with van der Waals surface area (Å²) in [5.74, 6) is 6.41. The second kappa shape index (κ2) is 33.1. The molecule has 0 amide bonds. The number of piperidine rings is 3. The molecule has 15 rings (SSSR count). The molecule has 21 nitrogen and oxygen atoms in total. The minimum absolute atomic E-state index is 0.0670. The monoisotopic (exact) mass is 1330 g/mol. The molecular formula is C75H85ClN12O9. The highest BCUT2D eigenvalue weighted by atomic mass is 35.5. The van der Waals surface area contributed by atoms with Gasteiger partial charge < -0.3 is 43.0 Å². The second-order valence-corrected chi connectivity index (χ2v) is 26.1. The van der Waals surface area contributed by atoms with E-state index in [1.807, 2.05) is 77.9 Å². The lowest BCUT2D eigenvalue weighted by Crippen LogP contribution is -2.57. The van der Waals surface area contributed by atoms with E-state index in [9.17, 15) is 5.11 Å². The van der Waals surface area contributed by atoms with Crippen molar-refractivity contribution >= 4 is 11.6 Å². The number of pyridine rings is 3. The van der Waals surface area contributed by atoms with Crippen LogP contribution in [0.1, 0.15) is 50.5 Å². The van der Waals surface area contributed by atoms with Crippen LogP contribution in [0, 0.1) is 77.0 Å². The number of ether oxygens (including phenoxy) is 8. The van der Waals surface area contributed by atoms with Crippen LogP contribution in [0.3, 0.4) is 0 Å². The highest BCUT2D eigenvalue weighted by Crippen LogP contribution is 2.38. The molecule has 3 aromatic carbocycles. The van der Waals surface area contributed by atoms with Gasteiger partial charge in [0.15, 0.2) is 17.2 Å². The normalized spacial score (nSPS) is 22.7. The fraction of sp³-hybridized carbons (Fsp3) is 0.400. The number of rotatable bonds is 16. The van der Waals surface area contributed by atoms with Gasteiger partial charge in [0, 0.05) is 119 Å². The van der Waals surface area contributed by atoms with Gasteiger partial charge in [-0.1, -0.05) is 103 Å². The van der Waals surface area contributed by atoms with Crippen molar-refractivity contribution in [2.75, 3.05) is 78.9 Å². The van der Waals surface area contributed by atoms with Crippen molar-refractivity contribution < 1.29 is 43.0 Å². The summed E-state index contributed by atoms with van der Waals surface area (Å²) in [6, 6.07) is 42.9. The van der Waals surface area contributed by atoms with E-state index in [-0.39, 0.29) is 18.3 Å². The molecule has 6 aliphatic rings. The zero-order chi connectivity index (χ0) is 67.0. The van der Waals surface area contributed by atoms with Crippen LogP contribution in [0.15, 0.2) is 165 Å². The molecule has 6 fully saturated rings. The third kappa shape index (κ3) is 17.9. The first-order valence-electron chi connectivity index (χ1n) is 33.3. The fourth-order valence-electron chi connectivity index (χ4n) is 13.4. The van der Waals surface area contributed by atoms with E-state index in [1.54, 1.807) is 24.7 Å². The molecule has 0 aliphatic carbocycles. The molecule has 97 heavy (non-hydrogen) atoms. The number of hydrogen-bond donors (Lipinski definition) is 1. The largest absolute Gasteiger partial charge is 0.473 e. The van der Waals surface area contributed by atoms with Gasteiger partial charge in [-0.05, 0) is 94.6 Å². The summed E-state index contributed by atoms with van der Waals surface area (Å²) >= 11 is 5.87. The maximum Gasteiger partial charge on any atom is 0.229 e. The fourth-order valence-corrected chi connectivity index (χ4v) is 13.5. The third-order valence-electron chi connectivity index (χ3n) is 18.5. The topological polar surface area (TPSA) is 220 Å². The van der Waals surface area contributed by atoms with Crippen molar-refractivity contribution in [3.05, 3.63) is 221 Å². The molecule has 1 N–H and O–H groups in total. The average Bonchev–Trinajstić information content (AvgIpc) is 0.822. The van der Waals surface area contributed by atoms with Gasteiger partial charge in [0.1, 0.15) is 36.3 Å². The van der Waals surface area contributed by atoms with Crippen LogP contribution < -0.4 is 23.7 Å². The number of aliphatic hydroxyl groups is 1. The predicted octanol–water partition coefficient (Wildman–Crippen LogP) is 11.7. The number of aliphatic hydroxyl groups excluding tert-OH is 1. The van der Waals surface area contributed by atoms with Gasteiger partial charge in [0.25, 0.3) is 0 Å². The number of fused-ring (bicyclic) bond motifs is 6. The van der Waals surface area contributed by atoms with Crippen LogP contribution in [0.2, 0.25) is 5.15 Å². The van der Waals surface area contributed by atoms with Gasteiger partial charge in [-0.25, -0.2) is 29.9 Å². The van der Waals surface area contributed by atoms with Crippen LogP contribution in [-0.4, -0.2) is 162 Å². The molecule has 6 aliphatic heterocycles. The number of nitrogens with zero attached hydrogens (tertiary/aromatic N) is 12. The van der Waals surface area contributed by atoms with Gasteiger partial charge in [-0.15, -0.1) is 0 Å². The number of halogens is 1. The highest BCUT2D eigenvalue weighted by molar-refractivity contribution is 6.30. The van der Waals surface area contributed by atoms with E-state index in [0.29, 0.717) is 133 Å². The molecule has 506 valence electrons. The van der Waals surface area contributed by atoms with Crippen LogP contribution in [-0.2, 0) is 33.8 Å². The summed E-state index contributed by atoms with van der Waals surface area (Å²) in [5, 5.41) is 10.5. The standard InChI is InChI=1S/2C25H28N4O3.C14H19NO2.C11H10ClN3O/c2*1-17-24(31-22-9-6-10-26-18(22)2)27-16-28-25(17)32-23-20-12-29(13-21(23)15-30-14-20)11-19-7-4-3-5-8-19;16-14-12-7-15(8-13(14)10-17-9-12)6-11-4-2-1-3-5-11;1-7-10(12)14-6-15-11(7)16-9-4-3-5-13-8(9)2/h2*3-10,16,20-21,23H,11-15H2,1-2H3;1-5,12-14,16H,6-10H2;3-6H,1-2H3. The smallest absolute Gasteiger partial charge is 0.229 e. The predicted molar refractivity (Wildman–Crippen MR) is 366 cm³/mol. The number of benzene rings is 3. The Labute approximate surface area is 572 Å². The molecule has 9 aromatic rings. The van der Waals surface area contributed by atoms with E-state index in [0.717, 1.165) is 87.1 Å². The van der Waals surface area contributed by atoms with E-state index in [1.165, 1.54) is 35.7 Å². The van der Waals surface area contributed by atoms with Crippen LogP contribution >= 0.6 is 11.6 Å². The molecule has 22 heteroatoms. The number of likely N-dealkylation sites (tertiary alicyclic amines) is 3. The second-order valence-electron chi connectivity index (χ2n) is 25.7. The summed E-state index contributed by atoms with van der Waals surface area (Å²) in [6.45, 7) is 24.2. The Morgan fingerprint density at radius 1 is 0.371 bits per heavy atom. The first-order chi connectivity index (χ1) is 47.3. The lowest BCUT2D eigenvalue weighted by Gasteiger charge is -2.46. The maximum absolute atomic E-state index is 10.1. The minimum atomic E-state index is -0.157. The van der Waals surface area contributed by atoms with Gasteiger partial charge in [0.2, 0.25) is 29.4 Å². The number of aryl methyl sites for hydroxylation is 3. The van der Waals surface area contributed by atoms with Crippen molar-refractivity contribution in [1.29, 1.82) is 0 Å². The Morgan fingerprint density at radius 3 is 1.01 bits per heavy atom. The van der Waals surface area contributed by atoms with Gasteiger partial charge in [-0.3, -0.25) is 29.7 Å². The zero-order valence-electron chi connectivity index (χ0n) is 55.8. The van der Waals surface area contributed by atoms with Crippen molar-refractivity contribution in [2.45, 2.75) is 79.5 Å². The summed E-state index contributed by atoms with van der Waals surface area (Å²) in [7, 11) is 0. The first kappa shape index (κ1) is 68.3. The lowest BCUT2D eigenvalue weighted by atomic mass is 9.84. The molecule has 0 saturated carbocycles. The summed E-state index contributed by atoms with van der Waals surface area (Å²) in [5.41, 5.74) is 8.75. The minimum Gasteiger partial charge on any atom is -0.473 e. The van der Waals surface area contributed by atoms with E-state index >= 15 is 0 Å². The Hall–Kier alpha value is -8.64. The average molecular weight is 1330 g/mol. The van der Waals surface area contributed by atoms with E-state index in [4.69, 9.17) is 49.5 Å². The van der Waals surface area contributed by atoms with Crippen molar-refractivity contribution in [3.8, 4) is 46.6 Å². The maximum atomic E-state index is 10.1. The van der Waals surface area contributed by atoms with E-state index in [2.05, 4.69) is 144 Å². The highest BCUT2D eigenvalue weighted by Gasteiger charge is 2.44. The molecule has 6 aromatic heterocycles. The van der Waals surface area contributed by atoms with Crippen molar-refractivity contribution in [1.82, 2.24) is 59.6 Å². The molecule has 6 unspecified atom stereocenters. The molecule has 6 bridgehead atoms. The van der Waals surface area contributed by atoms with Gasteiger partial charge >= 0.3 is 0 Å². The van der Waals surface area contributed by atoms with Crippen molar-refractivity contribution in [3.63, 3.8) is 0 Å². The Morgan fingerprint density at radius 2 is 0.670 bits per heavy atom. The number of hydrogen-bond acceptors (Lipinski definition) is 21. The summed E-state index contributed by atoms with van der Waals surface area (Å²) in [4.78, 5) is 45.6. The quantitative estimate of drug-likeness (QED) is 0.0889. The lowest BCUT2D eigenvalue weighted by molar-refractivity contribution is -0.125. The first-order valence-corrected chi connectivity index (χ1v) is 33.7. The van der Waals surface area contributed by atoms with Gasteiger partial charge in [-0.2, -0.15) is 0 Å². The SMILES string of the molecule is Cc1ncccc1Oc1ncnc(Cl)c1C.Cc1ncccc1Oc1ncnc(OC2C3COCC2CN(Cc2ccccc2)C3)c1C.Cc1ncccc1Oc1ncnc(OC2C3COCC2CN(Cc2ccccc2)C3)c1C.OC1C2COCC1CN(Cc1ccccc1)C2. The Bertz CT molecular complexity index is 3770. The summed E-state index contributed by atoms with van der Waals surface area (Å²) < 4.78 is 48.0. The van der Waals surface area contributed by atoms with Gasteiger partial charge in [0.05, 0.1) is 74.0 Å². The number of aromatic nitrogens is 9. The van der Waals surface area contributed by atoms with Crippen molar-refractivity contribution in [2.24, 2.45) is 35.5 Å².